The second-order valence-corrected chi connectivity index (χ2v) is 8.60. The minimum Gasteiger partial charge on any atom is -0.452 e. The third kappa shape index (κ3) is 6.04. The Morgan fingerprint density at radius 2 is 1.96 bits per heavy atom. The van der Waals surface area contributed by atoms with Gasteiger partial charge < -0.3 is 9.64 Å². The van der Waals surface area contributed by atoms with E-state index in [9.17, 15) is 18.0 Å². The van der Waals surface area contributed by atoms with Crippen molar-refractivity contribution in [1.82, 2.24) is 9.62 Å². The van der Waals surface area contributed by atoms with Gasteiger partial charge in [0.05, 0.1) is 10.5 Å². The van der Waals surface area contributed by atoms with Gasteiger partial charge in [0.25, 0.3) is 5.91 Å². The SMILES string of the molecule is CCCN(CC1CC1)C(=O)COC(=O)c1cc(S(=O)(=O)NCC)ccc1C. The zero-order chi connectivity index (χ0) is 20.0. The molecule has 0 radical (unpaired) electrons. The number of sulfonamides is 1. The highest BCUT2D eigenvalue weighted by atomic mass is 32.2. The Hall–Kier alpha value is -1.93. The van der Waals surface area contributed by atoms with Crippen LogP contribution in [0.15, 0.2) is 23.1 Å². The second kappa shape index (κ2) is 9.32. The van der Waals surface area contributed by atoms with Crippen molar-refractivity contribution in [3.8, 4) is 0 Å². The van der Waals surface area contributed by atoms with E-state index in [1.165, 1.54) is 12.1 Å². The molecule has 0 aliphatic heterocycles. The summed E-state index contributed by atoms with van der Waals surface area (Å²) in [4.78, 5) is 26.5. The van der Waals surface area contributed by atoms with Crippen molar-refractivity contribution >= 4 is 21.9 Å². The minimum absolute atomic E-state index is 0.00503. The molecule has 1 saturated carbocycles. The van der Waals surface area contributed by atoms with Gasteiger partial charge in [-0.1, -0.05) is 19.9 Å². The second-order valence-electron chi connectivity index (χ2n) is 6.84. The van der Waals surface area contributed by atoms with Crippen LogP contribution < -0.4 is 4.72 Å². The van der Waals surface area contributed by atoms with Gasteiger partial charge in [0.1, 0.15) is 0 Å². The van der Waals surface area contributed by atoms with Crippen molar-refractivity contribution in [1.29, 1.82) is 0 Å². The molecule has 8 heteroatoms. The maximum atomic E-state index is 12.4. The molecular weight excluding hydrogens is 368 g/mol. The van der Waals surface area contributed by atoms with E-state index in [4.69, 9.17) is 4.74 Å². The van der Waals surface area contributed by atoms with Crippen LogP contribution >= 0.6 is 0 Å². The first-order chi connectivity index (χ1) is 12.8. The average Bonchev–Trinajstić information content (AvgIpc) is 3.43. The molecule has 0 saturated heterocycles. The molecule has 1 amide bonds. The fourth-order valence-electron chi connectivity index (χ4n) is 2.76. The lowest BCUT2D eigenvalue weighted by atomic mass is 10.1. The monoisotopic (exact) mass is 396 g/mol. The van der Waals surface area contributed by atoms with Crippen molar-refractivity contribution in [2.24, 2.45) is 5.92 Å². The van der Waals surface area contributed by atoms with Gasteiger partial charge in [-0.25, -0.2) is 17.9 Å². The van der Waals surface area contributed by atoms with Crippen molar-refractivity contribution in [2.45, 2.75) is 44.9 Å². The Bertz CT molecular complexity index is 787. The molecule has 2 rings (SSSR count). The number of rotatable bonds is 10. The number of amides is 1. The van der Waals surface area contributed by atoms with Crippen molar-refractivity contribution < 1.29 is 22.7 Å². The van der Waals surface area contributed by atoms with Crippen molar-refractivity contribution in [2.75, 3.05) is 26.2 Å². The highest BCUT2D eigenvalue weighted by Gasteiger charge is 2.27. The van der Waals surface area contributed by atoms with Crippen LogP contribution in [0, 0.1) is 12.8 Å². The molecule has 1 aliphatic rings. The molecular formula is C19H28N2O5S. The molecule has 0 spiro atoms. The standard InChI is InChI=1S/C19H28N2O5S/c1-4-10-21(12-15-7-8-15)18(22)13-26-19(23)17-11-16(9-6-14(17)3)27(24,25)20-5-2/h6,9,11,15,20H,4-5,7-8,10,12-13H2,1-3H3. The Morgan fingerprint density at radius 3 is 2.56 bits per heavy atom. The number of esters is 1. The average molecular weight is 397 g/mol. The molecule has 7 nitrogen and oxygen atoms in total. The van der Waals surface area contributed by atoms with Gasteiger partial charge in [-0.05, 0) is 49.8 Å². The minimum atomic E-state index is -3.67. The maximum Gasteiger partial charge on any atom is 0.338 e. The predicted octanol–water partition coefficient (Wildman–Crippen LogP) is 2.10. The highest BCUT2D eigenvalue weighted by molar-refractivity contribution is 7.89. The van der Waals surface area contributed by atoms with Gasteiger partial charge >= 0.3 is 5.97 Å². The van der Waals surface area contributed by atoms with E-state index in [1.807, 2.05) is 6.92 Å². The Balaban J connectivity index is 2.05. The number of hydrogen-bond donors (Lipinski definition) is 1. The maximum absolute atomic E-state index is 12.4. The van der Waals surface area contributed by atoms with Gasteiger partial charge in [0.15, 0.2) is 6.61 Å². The van der Waals surface area contributed by atoms with Gasteiger partial charge in [-0.2, -0.15) is 0 Å². The molecule has 0 bridgehead atoms. The molecule has 0 aromatic heterocycles. The normalized spacial score (nSPS) is 14.0. The van der Waals surface area contributed by atoms with Gasteiger partial charge in [0, 0.05) is 19.6 Å². The van der Waals surface area contributed by atoms with Crippen LogP contribution in [0.2, 0.25) is 0 Å². The topological polar surface area (TPSA) is 92.8 Å². The fraction of sp³-hybridized carbons (Fsp3) is 0.579. The quantitative estimate of drug-likeness (QED) is 0.612. The number of carbonyl (C=O) groups is 2. The summed E-state index contributed by atoms with van der Waals surface area (Å²) in [5.41, 5.74) is 0.734. The number of aryl methyl sites for hydroxylation is 1. The number of ether oxygens (including phenoxy) is 1. The molecule has 1 fully saturated rings. The van der Waals surface area contributed by atoms with Crippen LogP contribution in [-0.4, -0.2) is 51.4 Å². The molecule has 1 aromatic rings. The van der Waals surface area contributed by atoms with Crippen LogP contribution in [0.4, 0.5) is 0 Å². The van der Waals surface area contributed by atoms with Crippen LogP contribution in [-0.2, 0) is 19.6 Å². The van der Waals surface area contributed by atoms with E-state index < -0.39 is 16.0 Å². The third-order valence-electron chi connectivity index (χ3n) is 4.42. The molecule has 27 heavy (non-hydrogen) atoms. The summed E-state index contributed by atoms with van der Waals surface area (Å²) in [5.74, 6) is -0.352. The first-order valence-electron chi connectivity index (χ1n) is 9.33. The zero-order valence-electron chi connectivity index (χ0n) is 16.2. The molecule has 0 unspecified atom stereocenters. The fourth-order valence-corrected chi connectivity index (χ4v) is 3.82. The van der Waals surface area contributed by atoms with Crippen molar-refractivity contribution in [3.63, 3.8) is 0 Å². The van der Waals surface area contributed by atoms with Crippen LogP contribution in [0.25, 0.3) is 0 Å². The summed E-state index contributed by atoms with van der Waals surface area (Å²) < 4.78 is 31.8. The van der Waals surface area contributed by atoms with E-state index in [0.29, 0.717) is 24.6 Å². The molecule has 0 atom stereocenters. The predicted molar refractivity (Wildman–Crippen MR) is 102 cm³/mol. The lowest BCUT2D eigenvalue weighted by Crippen LogP contribution is -2.36. The number of benzene rings is 1. The van der Waals surface area contributed by atoms with Crippen LogP contribution in [0.3, 0.4) is 0 Å². The molecule has 150 valence electrons. The number of carbonyl (C=O) groups excluding carboxylic acids is 2. The summed E-state index contributed by atoms with van der Waals surface area (Å²) in [7, 11) is -3.67. The smallest absolute Gasteiger partial charge is 0.338 e. The largest absolute Gasteiger partial charge is 0.452 e. The van der Waals surface area contributed by atoms with Gasteiger partial charge in [0.2, 0.25) is 10.0 Å². The first kappa shape index (κ1) is 21.4. The zero-order valence-corrected chi connectivity index (χ0v) is 17.0. The van der Waals surface area contributed by atoms with Crippen LogP contribution in [0.5, 0.6) is 0 Å². The van der Waals surface area contributed by atoms with E-state index >= 15 is 0 Å². The van der Waals surface area contributed by atoms with E-state index in [1.54, 1.807) is 24.8 Å². The van der Waals surface area contributed by atoms with E-state index in [2.05, 4.69) is 4.72 Å². The summed E-state index contributed by atoms with van der Waals surface area (Å²) in [5, 5.41) is 0. The summed E-state index contributed by atoms with van der Waals surface area (Å²) in [6, 6.07) is 4.28. The lowest BCUT2D eigenvalue weighted by molar-refractivity contribution is -0.134. The summed E-state index contributed by atoms with van der Waals surface area (Å²) in [6.07, 6.45) is 3.12. The molecule has 1 aromatic carbocycles. The number of nitrogens with one attached hydrogen (secondary N) is 1. The molecule has 1 aliphatic carbocycles. The van der Waals surface area contributed by atoms with Crippen molar-refractivity contribution in [3.05, 3.63) is 29.3 Å². The van der Waals surface area contributed by atoms with Crippen LogP contribution in [0.1, 0.15) is 49.0 Å². The molecule has 0 heterocycles. The number of hydrogen-bond acceptors (Lipinski definition) is 5. The lowest BCUT2D eigenvalue weighted by Gasteiger charge is -2.21. The van der Waals surface area contributed by atoms with E-state index in [-0.39, 0.29) is 29.5 Å². The Labute approximate surface area is 161 Å². The van der Waals surface area contributed by atoms with Gasteiger partial charge in [-0.3, -0.25) is 4.79 Å². The Kier molecular flexibility index (Phi) is 7.38. The third-order valence-corrected chi connectivity index (χ3v) is 5.97. The van der Waals surface area contributed by atoms with E-state index in [0.717, 1.165) is 19.3 Å². The summed E-state index contributed by atoms with van der Waals surface area (Å²) in [6.45, 7) is 6.63. The van der Waals surface area contributed by atoms with Gasteiger partial charge in [-0.15, -0.1) is 0 Å². The first-order valence-corrected chi connectivity index (χ1v) is 10.8. The molecule has 1 N–H and O–H groups in total. The highest BCUT2D eigenvalue weighted by Crippen LogP contribution is 2.29. The summed E-state index contributed by atoms with van der Waals surface area (Å²) >= 11 is 0. The number of nitrogens with zero attached hydrogens (tertiary/aromatic N) is 1. The Morgan fingerprint density at radius 1 is 1.26 bits per heavy atom.